The van der Waals surface area contributed by atoms with Crippen LogP contribution >= 0.6 is 0 Å². The van der Waals surface area contributed by atoms with Crippen LogP contribution in [0.3, 0.4) is 0 Å². The van der Waals surface area contributed by atoms with E-state index in [1.807, 2.05) is 42.6 Å². The minimum Gasteiger partial charge on any atom is -0.258 e. The van der Waals surface area contributed by atoms with E-state index in [1.165, 1.54) is 12.1 Å². The van der Waals surface area contributed by atoms with E-state index >= 15 is 0 Å². The fourth-order valence-electron chi connectivity index (χ4n) is 3.04. The molecule has 0 unspecified atom stereocenters. The molecule has 0 saturated carbocycles. The monoisotopic (exact) mass is 326 g/mol. The highest BCUT2D eigenvalue weighted by Crippen LogP contribution is 2.37. The highest BCUT2D eigenvalue weighted by Gasteiger charge is 2.13. The van der Waals surface area contributed by atoms with E-state index in [9.17, 15) is 10.1 Å². The molecule has 4 rings (SSSR count). The van der Waals surface area contributed by atoms with Crippen molar-refractivity contribution in [2.45, 2.75) is 0 Å². The van der Waals surface area contributed by atoms with Crippen LogP contribution in [0.1, 0.15) is 0 Å². The van der Waals surface area contributed by atoms with Gasteiger partial charge in [-0.05, 0) is 29.3 Å². The summed E-state index contributed by atoms with van der Waals surface area (Å²) < 4.78 is 0. The maximum atomic E-state index is 10.9. The Morgan fingerprint density at radius 3 is 2.16 bits per heavy atom. The molecular formula is C21H14N2O2. The average Bonchev–Trinajstić information content (AvgIpc) is 2.68. The molecule has 0 aliphatic heterocycles. The first-order chi connectivity index (χ1) is 12.2. The van der Waals surface area contributed by atoms with Crippen LogP contribution < -0.4 is 0 Å². The summed E-state index contributed by atoms with van der Waals surface area (Å²) in [7, 11) is 0. The van der Waals surface area contributed by atoms with Gasteiger partial charge in [0.25, 0.3) is 5.69 Å². The Labute approximate surface area is 144 Å². The average molecular weight is 326 g/mol. The summed E-state index contributed by atoms with van der Waals surface area (Å²) in [6.07, 6.45) is 1.84. The summed E-state index contributed by atoms with van der Waals surface area (Å²) in [6.45, 7) is 0. The minimum absolute atomic E-state index is 0.0822. The van der Waals surface area contributed by atoms with E-state index < -0.39 is 0 Å². The number of nitro groups is 1. The largest absolute Gasteiger partial charge is 0.269 e. The number of nitrogens with zero attached hydrogens (tertiary/aromatic N) is 2. The van der Waals surface area contributed by atoms with Gasteiger partial charge in [-0.2, -0.15) is 0 Å². The van der Waals surface area contributed by atoms with Gasteiger partial charge in [0.2, 0.25) is 0 Å². The Kier molecular flexibility index (Phi) is 3.71. The Hall–Kier alpha value is -3.53. The fourth-order valence-corrected chi connectivity index (χ4v) is 3.04. The Balaban J connectivity index is 1.99. The lowest BCUT2D eigenvalue weighted by Crippen LogP contribution is -1.91. The van der Waals surface area contributed by atoms with Crippen molar-refractivity contribution in [2.24, 2.45) is 0 Å². The molecule has 0 spiro atoms. The molecule has 120 valence electrons. The predicted molar refractivity (Wildman–Crippen MR) is 99.3 cm³/mol. The van der Waals surface area contributed by atoms with Gasteiger partial charge in [-0.1, -0.05) is 48.5 Å². The fraction of sp³-hybridized carbons (Fsp3) is 0. The van der Waals surface area contributed by atoms with E-state index in [2.05, 4.69) is 23.2 Å². The Bertz CT molecular complexity index is 1060. The number of rotatable bonds is 3. The molecule has 1 aromatic heterocycles. The summed E-state index contributed by atoms with van der Waals surface area (Å²) in [4.78, 5) is 15.1. The summed E-state index contributed by atoms with van der Waals surface area (Å²) in [6, 6.07) is 24.7. The van der Waals surface area contributed by atoms with Crippen molar-refractivity contribution in [2.75, 3.05) is 0 Å². The van der Waals surface area contributed by atoms with Crippen molar-refractivity contribution in [3.05, 3.63) is 95.2 Å². The highest BCUT2D eigenvalue weighted by atomic mass is 16.6. The zero-order chi connectivity index (χ0) is 17.2. The molecule has 0 bridgehead atoms. The van der Waals surface area contributed by atoms with Crippen molar-refractivity contribution >= 4 is 16.6 Å². The molecule has 25 heavy (non-hydrogen) atoms. The quantitative estimate of drug-likeness (QED) is 0.370. The number of benzene rings is 3. The maximum Gasteiger partial charge on any atom is 0.269 e. The molecule has 0 aliphatic carbocycles. The molecule has 4 heteroatoms. The smallest absolute Gasteiger partial charge is 0.258 e. The second kappa shape index (κ2) is 6.17. The minimum atomic E-state index is -0.388. The number of non-ortho nitro benzene ring substituents is 1. The second-order valence-electron chi connectivity index (χ2n) is 5.73. The molecule has 1 heterocycles. The second-order valence-corrected chi connectivity index (χ2v) is 5.73. The van der Waals surface area contributed by atoms with Gasteiger partial charge >= 0.3 is 0 Å². The van der Waals surface area contributed by atoms with Crippen molar-refractivity contribution < 1.29 is 4.92 Å². The lowest BCUT2D eigenvalue weighted by Gasteiger charge is -2.13. The van der Waals surface area contributed by atoms with Crippen molar-refractivity contribution in [1.82, 2.24) is 4.98 Å². The van der Waals surface area contributed by atoms with Gasteiger partial charge in [-0.15, -0.1) is 0 Å². The normalized spacial score (nSPS) is 10.7. The summed E-state index contributed by atoms with van der Waals surface area (Å²) >= 11 is 0. The van der Waals surface area contributed by atoms with Gasteiger partial charge < -0.3 is 0 Å². The van der Waals surface area contributed by atoms with Crippen LogP contribution in [-0.4, -0.2) is 9.91 Å². The van der Waals surface area contributed by atoms with Gasteiger partial charge in [0.15, 0.2) is 0 Å². The molecule has 0 atom stereocenters. The van der Waals surface area contributed by atoms with Crippen LogP contribution in [0.4, 0.5) is 5.69 Å². The van der Waals surface area contributed by atoms with Crippen LogP contribution in [0.5, 0.6) is 0 Å². The molecule has 4 aromatic rings. The van der Waals surface area contributed by atoms with Crippen LogP contribution in [0, 0.1) is 10.1 Å². The number of para-hydroxylation sites is 1. The van der Waals surface area contributed by atoms with Crippen LogP contribution in [0.25, 0.3) is 33.2 Å². The topological polar surface area (TPSA) is 56.0 Å². The molecule has 0 saturated heterocycles. The standard InChI is InChI=1S/C21H14N2O2/c24-23(25)17-12-10-15(11-13-17)19-14-22-20-9-5-4-8-18(20)21(19)16-6-2-1-3-7-16/h1-14H. The third-order valence-corrected chi connectivity index (χ3v) is 4.23. The molecule has 0 aliphatic rings. The predicted octanol–water partition coefficient (Wildman–Crippen LogP) is 5.48. The van der Waals surface area contributed by atoms with Crippen molar-refractivity contribution in [1.29, 1.82) is 0 Å². The van der Waals surface area contributed by atoms with Gasteiger partial charge in [0.1, 0.15) is 0 Å². The summed E-state index contributed by atoms with van der Waals surface area (Å²) in [5.41, 5.74) is 5.04. The Morgan fingerprint density at radius 1 is 0.760 bits per heavy atom. The van der Waals surface area contributed by atoms with Crippen LogP contribution in [0.2, 0.25) is 0 Å². The molecular weight excluding hydrogens is 312 g/mol. The van der Waals surface area contributed by atoms with E-state index in [0.717, 1.165) is 33.2 Å². The molecule has 0 N–H and O–H groups in total. The lowest BCUT2D eigenvalue weighted by atomic mass is 9.92. The summed E-state index contributed by atoms with van der Waals surface area (Å²) in [5.74, 6) is 0. The molecule has 4 nitrogen and oxygen atoms in total. The van der Waals surface area contributed by atoms with E-state index in [0.29, 0.717) is 0 Å². The van der Waals surface area contributed by atoms with Crippen molar-refractivity contribution in [3.8, 4) is 22.3 Å². The van der Waals surface area contributed by atoms with Crippen molar-refractivity contribution in [3.63, 3.8) is 0 Å². The zero-order valence-corrected chi connectivity index (χ0v) is 13.3. The molecule has 0 amide bonds. The number of pyridine rings is 1. The third kappa shape index (κ3) is 2.74. The first kappa shape index (κ1) is 15.0. The highest BCUT2D eigenvalue weighted by molar-refractivity contribution is 6.02. The number of aromatic nitrogens is 1. The first-order valence-electron chi connectivity index (χ1n) is 7.92. The van der Waals surface area contributed by atoms with E-state index in [1.54, 1.807) is 12.1 Å². The first-order valence-corrected chi connectivity index (χ1v) is 7.92. The van der Waals surface area contributed by atoms with Gasteiger partial charge in [-0.3, -0.25) is 15.1 Å². The van der Waals surface area contributed by atoms with Gasteiger partial charge in [-0.25, -0.2) is 0 Å². The summed E-state index contributed by atoms with van der Waals surface area (Å²) in [5, 5.41) is 12.0. The van der Waals surface area contributed by atoms with Gasteiger partial charge in [0, 0.05) is 34.8 Å². The van der Waals surface area contributed by atoms with E-state index in [-0.39, 0.29) is 10.6 Å². The number of hydrogen-bond donors (Lipinski definition) is 0. The Morgan fingerprint density at radius 2 is 1.44 bits per heavy atom. The van der Waals surface area contributed by atoms with E-state index in [4.69, 9.17) is 0 Å². The number of nitro benzene ring substituents is 1. The molecule has 0 fully saturated rings. The molecule has 0 radical (unpaired) electrons. The van der Waals surface area contributed by atoms with Crippen LogP contribution in [0.15, 0.2) is 85.1 Å². The number of fused-ring (bicyclic) bond motifs is 1. The SMILES string of the molecule is O=[N+]([O-])c1ccc(-c2cnc3ccccc3c2-c2ccccc2)cc1. The maximum absolute atomic E-state index is 10.9. The van der Waals surface area contributed by atoms with Crippen LogP contribution in [-0.2, 0) is 0 Å². The lowest BCUT2D eigenvalue weighted by molar-refractivity contribution is -0.384. The third-order valence-electron chi connectivity index (χ3n) is 4.23. The zero-order valence-electron chi connectivity index (χ0n) is 13.3. The number of hydrogen-bond acceptors (Lipinski definition) is 3. The van der Waals surface area contributed by atoms with Gasteiger partial charge in [0.05, 0.1) is 10.4 Å². The molecule has 3 aromatic carbocycles.